The number of carbonyl (C=O) groups is 2. The van der Waals surface area contributed by atoms with E-state index in [2.05, 4.69) is 26.5 Å². The van der Waals surface area contributed by atoms with Gasteiger partial charge in [0.25, 0.3) is 5.91 Å². The van der Waals surface area contributed by atoms with Gasteiger partial charge in [-0.15, -0.1) is 0 Å². The number of amides is 1. The van der Waals surface area contributed by atoms with Gasteiger partial charge in [-0.3, -0.25) is 4.79 Å². The minimum Gasteiger partial charge on any atom is -0.422 e. The fraction of sp³-hybridized carbons (Fsp3) is 0.0870. The van der Waals surface area contributed by atoms with Crippen molar-refractivity contribution in [3.05, 3.63) is 99.0 Å². The topological polar surface area (TPSA) is 77.0 Å². The zero-order chi connectivity index (χ0) is 20.9. The van der Waals surface area contributed by atoms with Crippen LogP contribution in [0.25, 0.3) is 0 Å². The number of halogens is 1. The number of nitrogens with zero attached hydrogens (tertiary/aromatic N) is 1. The molecule has 0 saturated carbocycles. The first kappa shape index (κ1) is 20.0. The van der Waals surface area contributed by atoms with Gasteiger partial charge in [0.2, 0.25) is 0 Å². The van der Waals surface area contributed by atoms with Crippen molar-refractivity contribution in [2.75, 3.05) is 0 Å². The van der Waals surface area contributed by atoms with Gasteiger partial charge in [0.05, 0.1) is 25.0 Å². The number of esters is 1. The molecule has 3 aromatic rings. The zero-order valence-corrected chi connectivity index (χ0v) is 17.4. The summed E-state index contributed by atoms with van der Waals surface area (Å²) < 4.78 is 11.7. The van der Waals surface area contributed by atoms with Crippen LogP contribution in [0.15, 0.2) is 76.3 Å². The van der Waals surface area contributed by atoms with Crippen molar-refractivity contribution in [2.24, 2.45) is 5.10 Å². The zero-order valence-electron chi connectivity index (χ0n) is 15.8. The molecule has 1 aliphatic heterocycles. The van der Waals surface area contributed by atoms with Crippen molar-refractivity contribution in [3.63, 3.8) is 0 Å². The van der Waals surface area contributed by atoms with Crippen molar-refractivity contribution in [1.29, 1.82) is 0 Å². The number of carbonyl (C=O) groups excluding carboxylic acids is 2. The fourth-order valence-corrected chi connectivity index (χ4v) is 3.36. The predicted molar refractivity (Wildman–Crippen MR) is 116 cm³/mol. The highest BCUT2D eigenvalue weighted by Gasteiger charge is 2.14. The Kier molecular flexibility index (Phi) is 6.02. The highest BCUT2D eigenvalue weighted by Crippen LogP contribution is 2.23. The Morgan fingerprint density at radius 1 is 0.967 bits per heavy atom. The molecular formula is C23H17BrN2O4. The monoisotopic (exact) mass is 464 g/mol. The number of rotatable bonds is 5. The molecule has 1 aliphatic rings. The lowest BCUT2D eigenvalue weighted by atomic mass is 10.1. The van der Waals surface area contributed by atoms with Gasteiger partial charge in [-0.1, -0.05) is 40.2 Å². The summed E-state index contributed by atoms with van der Waals surface area (Å²) in [5, 5.41) is 4.03. The third kappa shape index (κ3) is 4.64. The van der Waals surface area contributed by atoms with E-state index in [0.717, 1.165) is 15.6 Å². The van der Waals surface area contributed by atoms with E-state index in [-0.39, 0.29) is 5.91 Å². The molecule has 0 bridgehead atoms. The maximum absolute atomic E-state index is 12.4. The van der Waals surface area contributed by atoms with Crippen LogP contribution in [0.3, 0.4) is 0 Å². The van der Waals surface area contributed by atoms with E-state index in [0.29, 0.717) is 35.7 Å². The molecule has 0 atom stereocenters. The van der Waals surface area contributed by atoms with E-state index >= 15 is 0 Å². The molecular weight excluding hydrogens is 448 g/mol. The Hall–Kier alpha value is -3.29. The van der Waals surface area contributed by atoms with Crippen molar-refractivity contribution in [1.82, 2.24) is 5.43 Å². The van der Waals surface area contributed by atoms with Gasteiger partial charge in [-0.2, -0.15) is 5.10 Å². The van der Waals surface area contributed by atoms with Crippen LogP contribution in [-0.2, 0) is 18.0 Å². The third-order valence-electron chi connectivity index (χ3n) is 4.54. The van der Waals surface area contributed by atoms with E-state index in [1.54, 1.807) is 54.6 Å². The molecule has 0 radical (unpaired) electrons. The van der Waals surface area contributed by atoms with Gasteiger partial charge in [0.15, 0.2) is 0 Å². The molecule has 7 heteroatoms. The second-order valence-corrected chi connectivity index (χ2v) is 7.53. The lowest BCUT2D eigenvalue weighted by Gasteiger charge is -2.08. The highest BCUT2D eigenvalue weighted by molar-refractivity contribution is 9.10. The molecule has 3 aromatic carbocycles. The smallest absolute Gasteiger partial charge is 0.343 e. The number of nitrogens with one attached hydrogen (secondary N) is 1. The first-order valence-electron chi connectivity index (χ1n) is 9.20. The van der Waals surface area contributed by atoms with Crippen LogP contribution >= 0.6 is 15.9 Å². The van der Waals surface area contributed by atoms with E-state index in [9.17, 15) is 9.59 Å². The molecule has 0 fully saturated rings. The Bertz CT molecular complexity index is 1130. The van der Waals surface area contributed by atoms with Gasteiger partial charge >= 0.3 is 5.97 Å². The summed E-state index contributed by atoms with van der Waals surface area (Å²) in [6.07, 6.45) is 1.44. The fourth-order valence-electron chi connectivity index (χ4n) is 2.98. The van der Waals surface area contributed by atoms with Crippen LogP contribution in [0.1, 0.15) is 37.4 Å². The summed E-state index contributed by atoms with van der Waals surface area (Å²) in [5.41, 5.74) is 6.09. The third-order valence-corrected chi connectivity index (χ3v) is 5.03. The molecule has 4 rings (SSSR count). The van der Waals surface area contributed by atoms with Gasteiger partial charge in [-0.25, -0.2) is 10.2 Å². The van der Waals surface area contributed by atoms with Gasteiger partial charge in [-0.05, 0) is 53.6 Å². The maximum Gasteiger partial charge on any atom is 0.343 e. The van der Waals surface area contributed by atoms with E-state index in [1.807, 2.05) is 12.1 Å². The minimum atomic E-state index is -0.475. The molecule has 6 nitrogen and oxygen atoms in total. The summed E-state index contributed by atoms with van der Waals surface area (Å²) in [7, 11) is 0. The predicted octanol–water partition coefficient (Wildman–Crippen LogP) is 4.46. The SMILES string of the molecule is O=C(NN=Cc1cc(Br)ccc1OC(=O)c1ccccc1)c1ccc2c(c1)COC2. The molecule has 0 aliphatic carbocycles. The Labute approximate surface area is 181 Å². The van der Waals surface area contributed by atoms with E-state index in [4.69, 9.17) is 9.47 Å². The Morgan fingerprint density at radius 3 is 2.60 bits per heavy atom. The molecule has 1 amide bonds. The van der Waals surface area contributed by atoms with Gasteiger partial charge in [0, 0.05) is 15.6 Å². The quantitative estimate of drug-likeness (QED) is 0.261. The second-order valence-electron chi connectivity index (χ2n) is 6.61. The first-order chi connectivity index (χ1) is 14.6. The molecule has 0 unspecified atom stereocenters. The van der Waals surface area contributed by atoms with Crippen LogP contribution in [0.2, 0.25) is 0 Å². The highest BCUT2D eigenvalue weighted by atomic mass is 79.9. The molecule has 0 spiro atoms. The summed E-state index contributed by atoms with van der Waals surface area (Å²) >= 11 is 3.39. The number of fused-ring (bicyclic) bond motifs is 1. The Morgan fingerprint density at radius 2 is 1.77 bits per heavy atom. The number of benzene rings is 3. The van der Waals surface area contributed by atoms with Crippen molar-refractivity contribution < 1.29 is 19.1 Å². The first-order valence-corrected chi connectivity index (χ1v) is 9.99. The molecule has 150 valence electrons. The van der Waals surface area contributed by atoms with Crippen LogP contribution in [0.4, 0.5) is 0 Å². The van der Waals surface area contributed by atoms with Crippen LogP contribution in [0, 0.1) is 0 Å². The summed E-state index contributed by atoms with van der Waals surface area (Å²) in [4.78, 5) is 24.7. The second kappa shape index (κ2) is 9.02. The van der Waals surface area contributed by atoms with E-state index < -0.39 is 5.97 Å². The van der Waals surface area contributed by atoms with Crippen LogP contribution in [0.5, 0.6) is 5.75 Å². The van der Waals surface area contributed by atoms with E-state index in [1.165, 1.54) is 6.21 Å². The lowest BCUT2D eigenvalue weighted by molar-refractivity contribution is 0.0734. The van der Waals surface area contributed by atoms with Gasteiger partial charge in [0.1, 0.15) is 5.75 Å². The largest absolute Gasteiger partial charge is 0.422 e. The summed E-state index contributed by atoms with van der Waals surface area (Å²) in [6.45, 7) is 1.08. The van der Waals surface area contributed by atoms with Gasteiger partial charge < -0.3 is 9.47 Å². The van der Waals surface area contributed by atoms with Crippen LogP contribution < -0.4 is 10.2 Å². The van der Waals surface area contributed by atoms with Crippen molar-refractivity contribution in [2.45, 2.75) is 13.2 Å². The standard InChI is InChI=1S/C23H17BrN2O4/c24-20-8-9-21(30-23(28)15-4-2-1-3-5-15)18(11-20)12-25-26-22(27)16-6-7-17-13-29-14-19(17)10-16/h1-12H,13-14H2,(H,26,27). The maximum atomic E-state index is 12.4. The average molecular weight is 465 g/mol. The number of ether oxygens (including phenoxy) is 2. The molecule has 30 heavy (non-hydrogen) atoms. The number of hydrogen-bond donors (Lipinski definition) is 1. The number of hydrazone groups is 1. The summed E-state index contributed by atoms with van der Waals surface area (Å²) in [5.74, 6) is -0.476. The molecule has 0 saturated heterocycles. The van der Waals surface area contributed by atoms with Crippen molar-refractivity contribution >= 4 is 34.0 Å². The molecule has 0 aromatic heterocycles. The Balaban J connectivity index is 1.47. The average Bonchev–Trinajstić information content (AvgIpc) is 3.24. The normalized spacial score (nSPS) is 12.6. The molecule has 1 N–H and O–H groups in total. The van der Waals surface area contributed by atoms with Crippen molar-refractivity contribution in [3.8, 4) is 5.75 Å². The van der Waals surface area contributed by atoms with Crippen LogP contribution in [-0.4, -0.2) is 18.1 Å². The number of hydrogen-bond acceptors (Lipinski definition) is 5. The minimum absolute atomic E-state index is 0.333. The molecule has 1 heterocycles. The summed E-state index contributed by atoms with van der Waals surface area (Å²) in [6, 6.07) is 19.3. The lowest BCUT2D eigenvalue weighted by Crippen LogP contribution is -2.18.